The number of hydrogen-bond acceptors (Lipinski definition) is 3. The van der Waals surface area contributed by atoms with E-state index in [0.717, 1.165) is 5.56 Å². The van der Waals surface area contributed by atoms with Gasteiger partial charge in [0.1, 0.15) is 11.6 Å². The molecule has 0 radical (unpaired) electrons. The second-order valence-corrected chi connectivity index (χ2v) is 4.88. The maximum absolute atomic E-state index is 13.4. The molecule has 2 aromatic carbocycles. The SMILES string of the molecule is COc1ccc(F)cc1C(Cc1cccc(Cl)c1)NN. The first-order chi connectivity index (χ1) is 9.63. The summed E-state index contributed by atoms with van der Waals surface area (Å²) in [5, 5.41) is 0.657. The molecule has 1 unspecified atom stereocenters. The fraction of sp³-hybridized carbons (Fsp3) is 0.200. The molecule has 20 heavy (non-hydrogen) atoms. The van der Waals surface area contributed by atoms with Crippen molar-refractivity contribution in [1.82, 2.24) is 5.43 Å². The van der Waals surface area contributed by atoms with E-state index >= 15 is 0 Å². The van der Waals surface area contributed by atoms with Crippen LogP contribution in [-0.4, -0.2) is 7.11 Å². The van der Waals surface area contributed by atoms with Crippen molar-refractivity contribution in [3.05, 3.63) is 64.4 Å². The number of nitrogens with one attached hydrogen (secondary N) is 1. The Morgan fingerprint density at radius 3 is 2.75 bits per heavy atom. The third kappa shape index (κ3) is 3.48. The van der Waals surface area contributed by atoms with Crippen molar-refractivity contribution < 1.29 is 9.13 Å². The van der Waals surface area contributed by atoms with E-state index in [-0.39, 0.29) is 11.9 Å². The standard InChI is InChI=1S/C15H16ClFN2O/c1-20-15-6-5-12(17)9-13(15)14(19-18)8-10-3-2-4-11(16)7-10/h2-7,9,14,19H,8,18H2,1H3. The van der Waals surface area contributed by atoms with Gasteiger partial charge >= 0.3 is 0 Å². The molecular weight excluding hydrogens is 279 g/mol. The van der Waals surface area contributed by atoms with E-state index in [9.17, 15) is 4.39 Å². The lowest BCUT2D eigenvalue weighted by atomic mass is 9.98. The number of ether oxygens (including phenoxy) is 1. The van der Waals surface area contributed by atoms with E-state index in [1.807, 2.05) is 18.2 Å². The Hall–Kier alpha value is -1.62. The first kappa shape index (κ1) is 14.8. The van der Waals surface area contributed by atoms with E-state index < -0.39 is 0 Å². The minimum absolute atomic E-state index is 0.265. The molecule has 0 fully saturated rings. The van der Waals surface area contributed by atoms with Crippen LogP contribution >= 0.6 is 11.6 Å². The van der Waals surface area contributed by atoms with Crippen LogP contribution in [0.2, 0.25) is 5.02 Å². The molecular formula is C15H16ClFN2O. The molecule has 0 spiro atoms. The number of nitrogens with two attached hydrogens (primary N) is 1. The summed E-state index contributed by atoms with van der Waals surface area (Å²) in [6, 6.07) is 11.6. The van der Waals surface area contributed by atoms with Crippen molar-refractivity contribution in [3.63, 3.8) is 0 Å². The van der Waals surface area contributed by atoms with Crippen molar-refractivity contribution in [2.24, 2.45) is 5.84 Å². The number of benzene rings is 2. The Balaban J connectivity index is 2.30. The van der Waals surface area contributed by atoms with Gasteiger partial charge in [-0.25, -0.2) is 4.39 Å². The summed E-state index contributed by atoms with van der Waals surface area (Å²) in [5.41, 5.74) is 4.38. The van der Waals surface area contributed by atoms with E-state index in [2.05, 4.69) is 5.43 Å². The predicted molar refractivity (Wildman–Crippen MR) is 78.2 cm³/mol. The number of halogens is 2. The molecule has 2 rings (SSSR count). The molecule has 0 bridgehead atoms. The van der Waals surface area contributed by atoms with Crippen LogP contribution in [-0.2, 0) is 6.42 Å². The fourth-order valence-corrected chi connectivity index (χ4v) is 2.35. The van der Waals surface area contributed by atoms with Crippen molar-refractivity contribution in [3.8, 4) is 5.75 Å². The monoisotopic (exact) mass is 294 g/mol. The van der Waals surface area contributed by atoms with E-state index in [1.54, 1.807) is 19.2 Å². The average molecular weight is 295 g/mol. The maximum atomic E-state index is 13.4. The summed E-state index contributed by atoms with van der Waals surface area (Å²) in [6.07, 6.45) is 0.580. The van der Waals surface area contributed by atoms with Gasteiger partial charge in [-0.1, -0.05) is 23.7 Å². The Kier molecular flexibility index (Phi) is 4.95. The molecule has 106 valence electrons. The van der Waals surface area contributed by atoms with Crippen molar-refractivity contribution in [2.75, 3.05) is 7.11 Å². The zero-order valence-electron chi connectivity index (χ0n) is 11.1. The Bertz CT molecular complexity index is 592. The second-order valence-electron chi connectivity index (χ2n) is 4.44. The van der Waals surface area contributed by atoms with Gasteiger partial charge in [0, 0.05) is 10.6 Å². The summed E-state index contributed by atoms with van der Waals surface area (Å²) in [5.74, 6) is 5.87. The molecule has 0 heterocycles. The van der Waals surface area contributed by atoms with Gasteiger partial charge in [-0.2, -0.15) is 0 Å². The third-order valence-corrected chi connectivity index (χ3v) is 3.33. The number of hydrogen-bond donors (Lipinski definition) is 2. The van der Waals surface area contributed by atoms with Gasteiger partial charge in [0.15, 0.2) is 0 Å². The minimum Gasteiger partial charge on any atom is -0.496 e. The molecule has 2 aromatic rings. The lowest BCUT2D eigenvalue weighted by Gasteiger charge is -2.19. The largest absolute Gasteiger partial charge is 0.496 e. The maximum Gasteiger partial charge on any atom is 0.123 e. The highest BCUT2D eigenvalue weighted by molar-refractivity contribution is 6.30. The zero-order valence-corrected chi connectivity index (χ0v) is 11.8. The highest BCUT2D eigenvalue weighted by atomic mass is 35.5. The molecule has 0 aliphatic heterocycles. The quantitative estimate of drug-likeness (QED) is 0.657. The molecule has 3 nitrogen and oxygen atoms in total. The van der Waals surface area contributed by atoms with E-state index in [0.29, 0.717) is 22.8 Å². The van der Waals surface area contributed by atoms with Crippen molar-refractivity contribution in [2.45, 2.75) is 12.5 Å². The highest BCUT2D eigenvalue weighted by Gasteiger charge is 2.16. The van der Waals surface area contributed by atoms with Crippen LogP contribution in [0.25, 0.3) is 0 Å². The molecule has 0 aliphatic carbocycles. The van der Waals surface area contributed by atoms with Crippen LogP contribution in [0, 0.1) is 5.82 Å². The van der Waals surface area contributed by atoms with Crippen molar-refractivity contribution >= 4 is 11.6 Å². The van der Waals surface area contributed by atoms with Crippen LogP contribution in [0.15, 0.2) is 42.5 Å². The summed E-state index contributed by atoms with van der Waals surface area (Å²) in [7, 11) is 1.55. The van der Waals surface area contributed by atoms with Crippen LogP contribution in [0.1, 0.15) is 17.2 Å². The highest BCUT2D eigenvalue weighted by Crippen LogP contribution is 2.28. The van der Waals surface area contributed by atoms with Crippen LogP contribution in [0.3, 0.4) is 0 Å². The van der Waals surface area contributed by atoms with Gasteiger partial charge in [-0.3, -0.25) is 11.3 Å². The normalized spacial score (nSPS) is 12.2. The van der Waals surface area contributed by atoms with Gasteiger partial charge in [-0.05, 0) is 42.3 Å². The van der Waals surface area contributed by atoms with Crippen molar-refractivity contribution in [1.29, 1.82) is 0 Å². The molecule has 0 aliphatic rings. The lowest BCUT2D eigenvalue weighted by molar-refractivity contribution is 0.397. The number of hydrazine groups is 1. The molecule has 3 N–H and O–H groups in total. The van der Waals surface area contributed by atoms with Crippen LogP contribution < -0.4 is 16.0 Å². The molecule has 0 saturated carbocycles. The van der Waals surface area contributed by atoms with E-state index in [1.165, 1.54) is 12.1 Å². The minimum atomic E-state index is -0.327. The molecule has 1 atom stereocenters. The Labute approximate surface area is 122 Å². The van der Waals surface area contributed by atoms with E-state index in [4.69, 9.17) is 22.2 Å². The van der Waals surface area contributed by atoms with Gasteiger partial charge in [0.2, 0.25) is 0 Å². The molecule has 0 amide bonds. The summed E-state index contributed by atoms with van der Waals surface area (Å²) in [4.78, 5) is 0. The Morgan fingerprint density at radius 2 is 2.10 bits per heavy atom. The summed E-state index contributed by atoms with van der Waals surface area (Å²) in [6.45, 7) is 0. The van der Waals surface area contributed by atoms with Gasteiger partial charge < -0.3 is 4.74 Å². The predicted octanol–water partition coefficient (Wildman–Crippen LogP) is 3.23. The van der Waals surface area contributed by atoms with Gasteiger partial charge in [-0.15, -0.1) is 0 Å². The van der Waals surface area contributed by atoms with Gasteiger partial charge in [0.05, 0.1) is 13.2 Å². The first-order valence-corrected chi connectivity index (χ1v) is 6.56. The zero-order chi connectivity index (χ0) is 14.5. The summed E-state index contributed by atoms with van der Waals surface area (Å²) >= 11 is 5.96. The second kappa shape index (κ2) is 6.70. The lowest BCUT2D eigenvalue weighted by Crippen LogP contribution is -2.30. The smallest absolute Gasteiger partial charge is 0.123 e. The van der Waals surface area contributed by atoms with Crippen LogP contribution in [0.4, 0.5) is 4.39 Å². The molecule has 0 aromatic heterocycles. The third-order valence-electron chi connectivity index (χ3n) is 3.10. The van der Waals surface area contributed by atoms with Crippen LogP contribution in [0.5, 0.6) is 5.75 Å². The summed E-state index contributed by atoms with van der Waals surface area (Å²) < 4.78 is 18.7. The number of rotatable bonds is 5. The first-order valence-electron chi connectivity index (χ1n) is 6.18. The Morgan fingerprint density at radius 1 is 1.30 bits per heavy atom. The van der Waals surface area contributed by atoms with Gasteiger partial charge in [0.25, 0.3) is 0 Å². The average Bonchev–Trinajstić information content (AvgIpc) is 2.45. The number of methoxy groups -OCH3 is 1. The molecule has 5 heteroatoms. The topological polar surface area (TPSA) is 47.3 Å². The molecule has 0 saturated heterocycles. The fourth-order valence-electron chi connectivity index (χ4n) is 2.14.